The molecule has 2 aromatic heterocycles. The van der Waals surface area contributed by atoms with Crippen molar-refractivity contribution in [3.63, 3.8) is 0 Å². The summed E-state index contributed by atoms with van der Waals surface area (Å²) in [7, 11) is 0. The van der Waals surface area contributed by atoms with Crippen LogP contribution in [-0.4, -0.2) is 31.1 Å². The van der Waals surface area contributed by atoms with E-state index >= 15 is 0 Å². The van der Waals surface area contributed by atoms with Gasteiger partial charge in [-0.15, -0.1) is 11.3 Å². The SMILES string of the molecule is CCC(Sc1ncnc(N)n1)C(=O)Nc1nc(-c2ccc3ccccc3c2)cs1. The van der Waals surface area contributed by atoms with Crippen molar-refractivity contribution in [2.75, 3.05) is 11.1 Å². The molecule has 0 bridgehead atoms. The Morgan fingerprint density at radius 2 is 2.00 bits per heavy atom. The molecule has 7 nitrogen and oxygen atoms in total. The second kappa shape index (κ2) is 8.54. The predicted octanol–water partition coefficient (Wildman–Crippen LogP) is 4.24. The third-order valence-corrected chi connectivity index (χ3v) is 6.26. The van der Waals surface area contributed by atoms with E-state index in [9.17, 15) is 4.79 Å². The zero-order valence-corrected chi connectivity index (χ0v) is 17.2. The van der Waals surface area contributed by atoms with Gasteiger partial charge in [-0.1, -0.05) is 55.1 Å². The number of fused-ring (bicyclic) bond motifs is 1. The Bertz CT molecular complexity index is 1160. The minimum absolute atomic E-state index is 0.137. The maximum absolute atomic E-state index is 12.7. The van der Waals surface area contributed by atoms with E-state index in [4.69, 9.17) is 5.73 Å². The summed E-state index contributed by atoms with van der Waals surface area (Å²) >= 11 is 2.66. The zero-order valence-electron chi connectivity index (χ0n) is 15.6. The fourth-order valence-electron chi connectivity index (χ4n) is 2.80. The molecule has 1 atom stereocenters. The molecule has 2 aromatic carbocycles. The second-order valence-electron chi connectivity index (χ2n) is 6.23. The number of carbonyl (C=O) groups excluding carboxylic acids is 1. The molecule has 0 aliphatic heterocycles. The Labute approximate surface area is 175 Å². The van der Waals surface area contributed by atoms with Crippen LogP contribution in [0.1, 0.15) is 13.3 Å². The van der Waals surface area contributed by atoms with E-state index in [1.165, 1.54) is 34.8 Å². The van der Waals surface area contributed by atoms with E-state index in [0.29, 0.717) is 16.7 Å². The van der Waals surface area contributed by atoms with Crippen LogP contribution in [-0.2, 0) is 4.79 Å². The summed E-state index contributed by atoms with van der Waals surface area (Å²) in [5.74, 6) is -0.00592. The fraction of sp³-hybridized carbons (Fsp3) is 0.150. The lowest BCUT2D eigenvalue weighted by Gasteiger charge is -2.12. The number of thioether (sulfide) groups is 1. The minimum Gasteiger partial charge on any atom is -0.368 e. The highest BCUT2D eigenvalue weighted by atomic mass is 32.2. The van der Waals surface area contributed by atoms with E-state index in [2.05, 4.69) is 49.5 Å². The van der Waals surface area contributed by atoms with Gasteiger partial charge in [0, 0.05) is 10.9 Å². The fourth-order valence-corrected chi connectivity index (χ4v) is 4.36. The first-order valence-electron chi connectivity index (χ1n) is 8.99. The Morgan fingerprint density at radius 1 is 1.17 bits per heavy atom. The number of amides is 1. The lowest BCUT2D eigenvalue weighted by molar-refractivity contribution is -0.115. The Balaban J connectivity index is 1.47. The van der Waals surface area contributed by atoms with Crippen molar-refractivity contribution in [3.8, 4) is 11.3 Å². The van der Waals surface area contributed by atoms with Gasteiger partial charge in [-0.2, -0.15) is 4.98 Å². The molecule has 0 spiro atoms. The molecule has 0 saturated carbocycles. The molecular formula is C20H18N6OS2. The molecular weight excluding hydrogens is 404 g/mol. The highest BCUT2D eigenvalue weighted by molar-refractivity contribution is 8.00. The van der Waals surface area contributed by atoms with Gasteiger partial charge in [-0.05, 0) is 23.3 Å². The van der Waals surface area contributed by atoms with Gasteiger partial charge in [-0.3, -0.25) is 4.79 Å². The average Bonchev–Trinajstić information content (AvgIpc) is 3.20. The number of nitrogen functional groups attached to an aromatic ring is 1. The molecule has 0 fully saturated rings. The van der Waals surface area contributed by atoms with Crippen molar-refractivity contribution in [1.29, 1.82) is 0 Å². The number of carbonyl (C=O) groups is 1. The van der Waals surface area contributed by atoms with E-state index in [1.54, 1.807) is 0 Å². The highest BCUT2D eigenvalue weighted by Gasteiger charge is 2.21. The molecule has 1 amide bonds. The summed E-state index contributed by atoms with van der Waals surface area (Å²) < 4.78 is 0. The standard InChI is InChI=1S/C20H18N6OS2/c1-2-16(29-19-23-11-22-18(21)26-19)17(27)25-20-24-15(10-28-20)14-8-7-12-5-3-4-6-13(12)9-14/h3-11,16H,2H2,1H3,(H,24,25,27)(H2,21,22,23,26). The number of anilines is 2. The first-order valence-corrected chi connectivity index (χ1v) is 10.7. The first-order chi connectivity index (χ1) is 14.1. The number of thiazole rings is 1. The number of nitrogens with zero attached hydrogens (tertiary/aromatic N) is 4. The molecule has 0 saturated heterocycles. The number of nitrogens with two attached hydrogens (primary N) is 1. The molecule has 146 valence electrons. The van der Waals surface area contributed by atoms with Crippen LogP contribution >= 0.6 is 23.1 Å². The van der Waals surface area contributed by atoms with E-state index in [0.717, 1.165) is 16.6 Å². The highest BCUT2D eigenvalue weighted by Crippen LogP contribution is 2.29. The lowest BCUT2D eigenvalue weighted by Crippen LogP contribution is -2.24. The Kier molecular flexibility index (Phi) is 5.68. The van der Waals surface area contributed by atoms with Gasteiger partial charge in [0.15, 0.2) is 10.3 Å². The van der Waals surface area contributed by atoms with E-state index in [-0.39, 0.29) is 17.1 Å². The van der Waals surface area contributed by atoms with Gasteiger partial charge in [0.05, 0.1) is 10.9 Å². The number of benzene rings is 2. The molecule has 29 heavy (non-hydrogen) atoms. The van der Waals surface area contributed by atoms with Crippen molar-refractivity contribution in [3.05, 3.63) is 54.2 Å². The predicted molar refractivity (Wildman–Crippen MR) is 118 cm³/mol. The molecule has 2 heterocycles. The largest absolute Gasteiger partial charge is 0.368 e. The maximum Gasteiger partial charge on any atom is 0.239 e. The molecule has 1 unspecified atom stereocenters. The van der Waals surface area contributed by atoms with Crippen molar-refractivity contribution < 1.29 is 4.79 Å². The normalized spacial score (nSPS) is 12.0. The van der Waals surface area contributed by atoms with Crippen LogP contribution in [0, 0.1) is 0 Å². The van der Waals surface area contributed by atoms with Crippen molar-refractivity contribution >= 4 is 50.9 Å². The summed E-state index contributed by atoms with van der Waals surface area (Å²) in [5, 5.41) is 7.81. The summed E-state index contributed by atoms with van der Waals surface area (Å²) in [6, 6.07) is 14.4. The Hall–Kier alpha value is -3.04. The van der Waals surface area contributed by atoms with Gasteiger partial charge in [0.25, 0.3) is 0 Å². The van der Waals surface area contributed by atoms with Crippen molar-refractivity contribution in [1.82, 2.24) is 19.9 Å². The van der Waals surface area contributed by atoms with Gasteiger partial charge in [0.1, 0.15) is 6.33 Å². The number of hydrogen-bond donors (Lipinski definition) is 2. The third-order valence-electron chi connectivity index (χ3n) is 4.26. The van der Waals surface area contributed by atoms with E-state index in [1.807, 2.05) is 30.5 Å². The van der Waals surface area contributed by atoms with Gasteiger partial charge < -0.3 is 11.1 Å². The van der Waals surface area contributed by atoms with Crippen LogP contribution in [0.25, 0.3) is 22.0 Å². The summed E-state index contributed by atoms with van der Waals surface area (Å²) in [6.45, 7) is 1.93. The first kappa shape index (κ1) is 19.3. The van der Waals surface area contributed by atoms with Crippen LogP contribution in [0.5, 0.6) is 0 Å². The molecule has 0 radical (unpaired) electrons. The zero-order chi connectivity index (χ0) is 20.2. The van der Waals surface area contributed by atoms with Gasteiger partial charge in [0.2, 0.25) is 11.9 Å². The van der Waals surface area contributed by atoms with Crippen LogP contribution in [0.3, 0.4) is 0 Å². The molecule has 4 rings (SSSR count). The number of aromatic nitrogens is 4. The quantitative estimate of drug-likeness (QED) is 0.448. The van der Waals surface area contributed by atoms with Gasteiger partial charge in [-0.25, -0.2) is 15.0 Å². The smallest absolute Gasteiger partial charge is 0.239 e. The Morgan fingerprint density at radius 3 is 2.79 bits per heavy atom. The van der Waals surface area contributed by atoms with Crippen molar-refractivity contribution in [2.45, 2.75) is 23.8 Å². The van der Waals surface area contributed by atoms with Crippen LogP contribution in [0.2, 0.25) is 0 Å². The average molecular weight is 423 g/mol. The van der Waals surface area contributed by atoms with E-state index < -0.39 is 0 Å². The molecule has 4 aromatic rings. The number of hydrogen-bond acceptors (Lipinski definition) is 8. The minimum atomic E-state index is -0.357. The third kappa shape index (κ3) is 4.52. The lowest BCUT2D eigenvalue weighted by atomic mass is 10.1. The topological polar surface area (TPSA) is 107 Å². The van der Waals surface area contributed by atoms with Crippen molar-refractivity contribution in [2.24, 2.45) is 0 Å². The van der Waals surface area contributed by atoms with Crippen LogP contribution in [0.4, 0.5) is 11.1 Å². The second-order valence-corrected chi connectivity index (χ2v) is 8.26. The molecule has 9 heteroatoms. The number of rotatable bonds is 6. The van der Waals surface area contributed by atoms with Crippen LogP contribution < -0.4 is 11.1 Å². The van der Waals surface area contributed by atoms with Crippen LogP contribution in [0.15, 0.2) is 59.3 Å². The monoisotopic (exact) mass is 422 g/mol. The summed E-state index contributed by atoms with van der Waals surface area (Å²) in [5.41, 5.74) is 7.44. The molecule has 3 N–H and O–H groups in total. The molecule has 0 aliphatic carbocycles. The number of nitrogens with one attached hydrogen (secondary N) is 1. The van der Waals surface area contributed by atoms with Gasteiger partial charge >= 0.3 is 0 Å². The molecule has 0 aliphatic rings. The maximum atomic E-state index is 12.7. The summed E-state index contributed by atoms with van der Waals surface area (Å²) in [4.78, 5) is 29.1. The summed E-state index contributed by atoms with van der Waals surface area (Å²) in [6.07, 6.45) is 1.96.